The quantitative estimate of drug-likeness (QED) is 0.708. The summed E-state index contributed by atoms with van der Waals surface area (Å²) in [5.41, 5.74) is 5.51. The number of aliphatic hydroxyl groups is 1. The normalized spacial score (nSPS) is 21.0. The molecule has 0 aromatic heterocycles. The molecule has 1 aromatic rings. The maximum absolute atomic E-state index is 12.1. The van der Waals surface area contributed by atoms with Crippen LogP contribution in [0.5, 0.6) is 5.75 Å². The van der Waals surface area contributed by atoms with Gasteiger partial charge in [0.15, 0.2) is 6.61 Å². The Labute approximate surface area is 123 Å². The van der Waals surface area contributed by atoms with Crippen LogP contribution in [0.15, 0.2) is 24.3 Å². The molecular formula is C15H20N2O4. The summed E-state index contributed by atoms with van der Waals surface area (Å²) in [4.78, 5) is 22.7. The molecule has 1 aliphatic carbocycles. The molecule has 0 spiro atoms. The number of amides is 2. The molecule has 6 nitrogen and oxygen atoms in total. The Balaban J connectivity index is 1.92. The first kappa shape index (κ1) is 15.3. The number of hydrogen-bond donors (Lipinski definition) is 3. The van der Waals surface area contributed by atoms with E-state index >= 15 is 0 Å². The second kappa shape index (κ2) is 7.08. The van der Waals surface area contributed by atoms with Crippen molar-refractivity contribution in [2.45, 2.75) is 25.3 Å². The summed E-state index contributed by atoms with van der Waals surface area (Å²) in [5.74, 6) is -0.0820. The largest absolute Gasteiger partial charge is 0.484 e. The Bertz CT molecular complexity index is 501. The maximum atomic E-state index is 12.1. The lowest BCUT2D eigenvalue weighted by atomic mass is 10.0. The van der Waals surface area contributed by atoms with Crippen molar-refractivity contribution in [3.8, 4) is 5.75 Å². The van der Waals surface area contributed by atoms with E-state index in [0.717, 1.165) is 19.3 Å². The summed E-state index contributed by atoms with van der Waals surface area (Å²) < 4.78 is 5.13. The first-order valence-corrected chi connectivity index (χ1v) is 7.03. The molecule has 2 amide bonds. The van der Waals surface area contributed by atoms with Gasteiger partial charge in [0, 0.05) is 24.1 Å². The fourth-order valence-corrected chi connectivity index (χ4v) is 2.55. The molecular weight excluding hydrogens is 272 g/mol. The second-order valence-corrected chi connectivity index (χ2v) is 5.23. The van der Waals surface area contributed by atoms with E-state index in [1.807, 2.05) is 0 Å². The highest BCUT2D eigenvalue weighted by Gasteiger charge is 2.28. The molecule has 0 bridgehead atoms. The molecule has 114 valence electrons. The van der Waals surface area contributed by atoms with E-state index in [1.165, 1.54) is 0 Å². The van der Waals surface area contributed by atoms with Gasteiger partial charge in [-0.2, -0.15) is 0 Å². The molecule has 0 aliphatic heterocycles. The molecule has 2 rings (SSSR count). The number of aliphatic hydroxyl groups excluding tert-OH is 1. The summed E-state index contributed by atoms with van der Waals surface area (Å²) in [6.07, 6.45) is 2.87. The molecule has 0 radical (unpaired) electrons. The fraction of sp³-hybridized carbons (Fsp3) is 0.467. The molecule has 1 aromatic carbocycles. The Morgan fingerprint density at radius 2 is 2.00 bits per heavy atom. The highest BCUT2D eigenvalue weighted by Crippen LogP contribution is 2.25. The number of ether oxygens (including phenoxy) is 1. The average molecular weight is 292 g/mol. The Hall–Kier alpha value is -2.08. The van der Waals surface area contributed by atoms with E-state index in [4.69, 9.17) is 10.5 Å². The van der Waals surface area contributed by atoms with Crippen LogP contribution in [0.25, 0.3) is 0 Å². The third-order valence-corrected chi connectivity index (χ3v) is 3.71. The van der Waals surface area contributed by atoms with Crippen molar-refractivity contribution in [3.05, 3.63) is 29.8 Å². The number of rotatable bonds is 6. The lowest BCUT2D eigenvalue weighted by molar-refractivity contribution is -0.119. The van der Waals surface area contributed by atoms with Gasteiger partial charge in [-0.25, -0.2) is 0 Å². The van der Waals surface area contributed by atoms with Gasteiger partial charge in [0.25, 0.3) is 11.8 Å². The van der Waals surface area contributed by atoms with Gasteiger partial charge in [-0.3, -0.25) is 9.59 Å². The summed E-state index contributed by atoms with van der Waals surface area (Å²) >= 11 is 0. The molecule has 0 saturated heterocycles. The number of hydrogen-bond acceptors (Lipinski definition) is 4. The van der Waals surface area contributed by atoms with Crippen molar-refractivity contribution in [1.29, 1.82) is 0 Å². The molecule has 2 unspecified atom stereocenters. The van der Waals surface area contributed by atoms with E-state index in [1.54, 1.807) is 24.3 Å². The van der Waals surface area contributed by atoms with Gasteiger partial charge in [-0.1, -0.05) is 6.42 Å². The number of nitrogens with two attached hydrogens (primary N) is 1. The first-order valence-electron chi connectivity index (χ1n) is 7.03. The van der Waals surface area contributed by atoms with Crippen LogP contribution in [0.2, 0.25) is 0 Å². The predicted octanol–water partition coefficient (Wildman–Crippen LogP) is 0.441. The third kappa shape index (κ3) is 4.19. The van der Waals surface area contributed by atoms with Gasteiger partial charge in [0.2, 0.25) is 0 Å². The van der Waals surface area contributed by atoms with Crippen molar-refractivity contribution in [2.24, 2.45) is 11.7 Å². The fourth-order valence-electron chi connectivity index (χ4n) is 2.55. The van der Waals surface area contributed by atoms with Crippen molar-refractivity contribution in [1.82, 2.24) is 5.32 Å². The van der Waals surface area contributed by atoms with Gasteiger partial charge in [0.05, 0.1) is 0 Å². The minimum Gasteiger partial charge on any atom is -0.484 e. The molecule has 2 atom stereocenters. The SMILES string of the molecule is NC(=O)COc1ccc(C(=O)NC2CCCC2CO)cc1. The first-order chi connectivity index (χ1) is 10.1. The molecule has 0 heterocycles. The average Bonchev–Trinajstić information content (AvgIpc) is 2.92. The summed E-state index contributed by atoms with van der Waals surface area (Å²) in [7, 11) is 0. The second-order valence-electron chi connectivity index (χ2n) is 5.23. The molecule has 1 fully saturated rings. The van der Waals surface area contributed by atoms with Crippen LogP contribution in [0.4, 0.5) is 0 Å². The number of primary amides is 1. The molecule has 21 heavy (non-hydrogen) atoms. The van der Waals surface area contributed by atoms with Gasteiger partial charge >= 0.3 is 0 Å². The van der Waals surface area contributed by atoms with Crippen molar-refractivity contribution in [3.63, 3.8) is 0 Å². The minimum atomic E-state index is -0.548. The van der Waals surface area contributed by atoms with Crippen LogP contribution >= 0.6 is 0 Å². The van der Waals surface area contributed by atoms with Crippen LogP contribution in [0.3, 0.4) is 0 Å². The molecule has 1 aliphatic rings. The lowest BCUT2D eigenvalue weighted by Crippen LogP contribution is -2.38. The molecule has 4 N–H and O–H groups in total. The van der Waals surface area contributed by atoms with E-state index in [0.29, 0.717) is 11.3 Å². The van der Waals surface area contributed by atoms with E-state index in [2.05, 4.69) is 5.32 Å². The Morgan fingerprint density at radius 1 is 1.29 bits per heavy atom. The Morgan fingerprint density at radius 3 is 2.62 bits per heavy atom. The number of carbonyl (C=O) groups is 2. The van der Waals surface area contributed by atoms with Gasteiger partial charge in [0.1, 0.15) is 5.75 Å². The number of nitrogens with one attached hydrogen (secondary N) is 1. The maximum Gasteiger partial charge on any atom is 0.255 e. The molecule has 1 saturated carbocycles. The smallest absolute Gasteiger partial charge is 0.255 e. The zero-order valence-corrected chi connectivity index (χ0v) is 11.7. The van der Waals surface area contributed by atoms with E-state index in [9.17, 15) is 14.7 Å². The monoisotopic (exact) mass is 292 g/mol. The van der Waals surface area contributed by atoms with Crippen molar-refractivity contribution in [2.75, 3.05) is 13.2 Å². The molecule has 6 heteroatoms. The highest BCUT2D eigenvalue weighted by molar-refractivity contribution is 5.94. The Kier molecular flexibility index (Phi) is 5.16. The van der Waals surface area contributed by atoms with E-state index < -0.39 is 5.91 Å². The topological polar surface area (TPSA) is 102 Å². The zero-order chi connectivity index (χ0) is 15.2. The summed E-state index contributed by atoms with van der Waals surface area (Å²) in [6, 6.07) is 6.54. The van der Waals surface area contributed by atoms with Crippen LogP contribution in [-0.4, -0.2) is 36.2 Å². The number of benzene rings is 1. The van der Waals surface area contributed by atoms with Crippen LogP contribution in [0, 0.1) is 5.92 Å². The predicted molar refractivity (Wildman–Crippen MR) is 76.8 cm³/mol. The standard InChI is InChI=1S/C15H20N2O4/c16-14(19)9-21-12-6-4-10(5-7-12)15(20)17-13-3-1-2-11(13)8-18/h4-7,11,13,18H,1-3,8-9H2,(H2,16,19)(H,17,20). The highest BCUT2D eigenvalue weighted by atomic mass is 16.5. The summed E-state index contributed by atoms with van der Waals surface area (Å²) in [5, 5.41) is 12.2. The van der Waals surface area contributed by atoms with E-state index in [-0.39, 0.29) is 31.1 Å². The van der Waals surface area contributed by atoms with Crippen molar-refractivity contribution >= 4 is 11.8 Å². The lowest BCUT2D eigenvalue weighted by Gasteiger charge is -2.19. The number of carbonyl (C=O) groups excluding carboxylic acids is 2. The van der Waals surface area contributed by atoms with Crippen LogP contribution in [-0.2, 0) is 4.79 Å². The van der Waals surface area contributed by atoms with Crippen LogP contribution in [0.1, 0.15) is 29.6 Å². The van der Waals surface area contributed by atoms with Crippen molar-refractivity contribution < 1.29 is 19.4 Å². The van der Waals surface area contributed by atoms with Crippen LogP contribution < -0.4 is 15.8 Å². The zero-order valence-electron chi connectivity index (χ0n) is 11.7. The van der Waals surface area contributed by atoms with Gasteiger partial charge in [-0.05, 0) is 37.1 Å². The minimum absolute atomic E-state index is 0.0355. The summed E-state index contributed by atoms with van der Waals surface area (Å²) in [6.45, 7) is -0.0867. The third-order valence-electron chi connectivity index (χ3n) is 3.71. The van der Waals surface area contributed by atoms with Gasteiger partial charge < -0.3 is 20.9 Å². The van der Waals surface area contributed by atoms with Gasteiger partial charge in [-0.15, -0.1) is 0 Å².